The number of hydrogen-bond acceptors (Lipinski definition) is 5. The summed E-state index contributed by atoms with van der Waals surface area (Å²) in [6.07, 6.45) is 2.35. The Hall–Kier alpha value is -3.39. The fourth-order valence-electron chi connectivity index (χ4n) is 3.40. The summed E-state index contributed by atoms with van der Waals surface area (Å²) in [5, 5.41) is 3.85. The van der Waals surface area contributed by atoms with E-state index in [-0.39, 0.29) is 29.7 Å². The van der Waals surface area contributed by atoms with Gasteiger partial charge in [0.15, 0.2) is 5.16 Å². The van der Waals surface area contributed by atoms with Crippen LogP contribution >= 0.6 is 11.8 Å². The number of aryl methyl sites for hydroxylation is 1. The smallest absolute Gasteiger partial charge is 0.262 e. The Morgan fingerprint density at radius 2 is 1.91 bits per heavy atom. The van der Waals surface area contributed by atoms with Gasteiger partial charge in [0.2, 0.25) is 11.8 Å². The molecule has 2 amide bonds. The molecule has 0 radical (unpaired) electrons. The van der Waals surface area contributed by atoms with Crippen molar-refractivity contribution in [1.29, 1.82) is 0 Å². The van der Waals surface area contributed by atoms with Crippen LogP contribution in [0.4, 0.5) is 5.69 Å². The predicted molar refractivity (Wildman–Crippen MR) is 134 cm³/mol. The van der Waals surface area contributed by atoms with Crippen LogP contribution in [0.5, 0.6) is 0 Å². The standard InChI is InChI=1S/C25H28N4O3S/c1-4-14-28(16-22(30)26-20-12-8-6-10-18(20)3)23(31)17-33-25-27-21-13-9-7-11-19(21)24(32)29(25)15-5-2/h5-13H,2,4,14-17H2,1,3H3,(H,26,30). The Morgan fingerprint density at radius 3 is 2.64 bits per heavy atom. The summed E-state index contributed by atoms with van der Waals surface area (Å²) in [7, 11) is 0. The van der Waals surface area contributed by atoms with Gasteiger partial charge < -0.3 is 10.2 Å². The first kappa shape index (κ1) is 24.3. The highest BCUT2D eigenvalue weighted by atomic mass is 32.2. The van der Waals surface area contributed by atoms with E-state index < -0.39 is 0 Å². The van der Waals surface area contributed by atoms with Gasteiger partial charge in [-0.2, -0.15) is 0 Å². The average molecular weight is 465 g/mol. The Morgan fingerprint density at radius 1 is 1.18 bits per heavy atom. The maximum Gasteiger partial charge on any atom is 0.262 e. The van der Waals surface area contributed by atoms with Gasteiger partial charge in [0.25, 0.3) is 5.56 Å². The highest BCUT2D eigenvalue weighted by Gasteiger charge is 2.19. The first-order valence-corrected chi connectivity index (χ1v) is 11.8. The minimum Gasteiger partial charge on any atom is -0.333 e. The number of benzene rings is 2. The molecule has 0 saturated heterocycles. The number of nitrogens with one attached hydrogen (secondary N) is 1. The number of thioether (sulfide) groups is 1. The summed E-state index contributed by atoms with van der Waals surface area (Å²) in [6, 6.07) is 14.6. The number of carbonyl (C=O) groups is 2. The molecule has 0 saturated carbocycles. The molecule has 0 aliphatic heterocycles. The molecular formula is C25H28N4O3S. The lowest BCUT2D eigenvalue weighted by Gasteiger charge is -2.22. The molecule has 3 rings (SSSR count). The van der Waals surface area contributed by atoms with E-state index in [2.05, 4.69) is 16.9 Å². The van der Waals surface area contributed by atoms with E-state index in [1.807, 2.05) is 44.2 Å². The molecule has 1 aromatic heterocycles. The minimum atomic E-state index is -0.247. The molecular weight excluding hydrogens is 436 g/mol. The second kappa shape index (κ2) is 11.5. The van der Waals surface area contributed by atoms with Gasteiger partial charge in [-0.15, -0.1) is 6.58 Å². The third kappa shape index (κ3) is 6.10. The third-order valence-electron chi connectivity index (χ3n) is 5.06. The molecule has 8 heteroatoms. The zero-order chi connectivity index (χ0) is 23.8. The molecule has 0 unspecified atom stereocenters. The zero-order valence-electron chi connectivity index (χ0n) is 18.9. The second-order valence-corrected chi connectivity index (χ2v) is 8.53. The highest BCUT2D eigenvalue weighted by Crippen LogP contribution is 2.19. The molecule has 7 nitrogen and oxygen atoms in total. The zero-order valence-corrected chi connectivity index (χ0v) is 19.7. The maximum atomic E-state index is 13.0. The summed E-state index contributed by atoms with van der Waals surface area (Å²) < 4.78 is 1.52. The number of carbonyl (C=O) groups excluding carboxylic acids is 2. The van der Waals surface area contributed by atoms with Crippen molar-refractivity contribution in [3.63, 3.8) is 0 Å². The second-order valence-electron chi connectivity index (χ2n) is 7.58. The van der Waals surface area contributed by atoms with Gasteiger partial charge in [0.05, 0.1) is 23.2 Å². The lowest BCUT2D eigenvalue weighted by atomic mass is 10.2. The molecule has 33 heavy (non-hydrogen) atoms. The number of anilines is 1. The Balaban J connectivity index is 1.73. The Labute approximate surface area is 197 Å². The predicted octanol–water partition coefficient (Wildman–Crippen LogP) is 3.86. The van der Waals surface area contributed by atoms with E-state index >= 15 is 0 Å². The van der Waals surface area contributed by atoms with E-state index in [0.29, 0.717) is 29.1 Å². The van der Waals surface area contributed by atoms with Crippen molar-refractivity contribution in [3.8, 4) is 0 Å². The quantitative estimate of drug-likeness (QED) is 0.280. The first-order chi connectivity index (χ1) is 15.9. The van der Waals surface area contributed by atoms with Gasteiger partial charge in [-0.1, -0.05) is 55.1 Å². The normalized spacial score (nSPS) is 10.7. The van der Waals surface area contributed by atoms with Crippen molar-refractivity contribution < 1.29 is 9.59 Å². The topological polar surface area (TPSA) is 84.3 Å². The van der Waals surface area contributed by atoms with Crippen LogP contribution in [0.3, 0.4) is 0 Å². The van der Waals surface area contributed by atoms with Crippen molar-refractivity contribution in [2.45, 2.75) is 32.0 Å². The minimum absolute atomic E-state index is 0.0355. The van der Waals surface area contributed by atoms with E-state index in [0.717, 1.165) is 17.7 Å². The van der Waals surface area contributed by atoms with Gasteiger partial charge >= 0.3 is 0 Å². The fourth-order valence-corrected chi connectivity index (χ4v) is 4.31. The maximum absolute atomic E-state index is 13.0. The number of fused-ring (bicyclic) bond motifs is 1. The van der Waals surface area contributed by atoms with Crippen LogP contribution in [0.25, 0.3) is 10.9 Å². The van der Waals surface area contributed by atoms with E-state index in [1.165, 1.54) is 21.2 Å². The van der Waals surface area contributed by atoms with Crippen LogP contribution in [0.1, 0.15) is 18.9 Å². The monoisotopic (exact) mass is 464 g/mol. The van der Waals surface area contributed by atoms with Crippen LogP contribution in [-0.4, -0.2) is 45.1 Å². The number of para-hydroxylation sites is 2. The molecule has 3 aromatic rings. The fraction of sp³-hybridized carbons (Fsp3) is 0.280. The highest BCUT2D eigenvalue weighted by molar-refractivity contribution is 7.99. The van der Waals surface area contributed by atoms with Gasteiger partial charge in [0.1, 0.15) is 0 Å². The van der Waals surface area contributed by atoms with Crippen LogP contribution in [0.15, 0.2) is 71.1 Å². The number of allylic oxidation sites excluding steroid dienone is 1. The molecule has 2 aromatic carbocycles. The number of amides is 2. The summed E-state index contributed by atoms with van der Waals surface area (Å²) in [5.74, 6) is -0.364. The van der Waals surface area contributed by atoms with Gasteiger partial charge in [-0.3, -0.25) is 19.0 Å². The lowest BCUT2D eigenvalue weighted by Crippen LogP contribution is -2.39. The summed E-state index contributed by atoms with van der Waals surface area (Å²) in [4.78, 5) is 44.6. The van der Waals surface area contributed by atoms with Gasteiger partial charge in [-0.05, 0) is 37.1 Å². The molecule has 0 atom stereocenters. The molecule has 172 valence electrons. The van der Waals surface area contributed by atoms with Crippen LogP contribution in [-0.2, 0) is 16.1 Å². The van der Waals surface area contributed by atoms with Crippen molar-refractivity contribution >= 4 is 40.2 Å². The van der Waals surface area contributed by atoms with E-state index in [4.69, 9.17) is 0 Å². The van der Waals surface area contributed by atoms with E-state index in [1.54, 1.807) is 24.3 Å². The lowest BCUT2D eigenvalue weighted by molar-refractivity contribution is -0.132. The molecule has 0 bridgehead atoms. The molecule has 0 aliphatic rings. The SMILES string of the molecule is C=CCn1c(SCC(=O)N(CCC)CC(=O)Nc2ccccc2C)nc2ccccc2c1=O. The van der Waals surface area contributed by atoms with Crippen LogP contribution in [0.2, 0.25) is 0 Å². The molecule has 1 heterocycles. The third-order valence-corrected chi connectivity index (χ3v) is 6.02. The van der Waals surface area contributed by atoms with E-state index in [9.17, 15) is 14.4 Å². The van der Waals surface area contributed by atoms with Crippen molar-refractivity contribution in [3.05, 3.63) is 77.1 Å². The molecule has 0 spiro atoms. The number of hydrogen-bond donors (Lipinski definition) is 1. The Kier molecular flexibility index (Phi) is 8.43. The number of nitrogens with zero attached hydrogens (tertiary/aromatic N) is 3. The average Bonchev–Trinajstić information content (AvgIpc) is 2.81. The first-order valence-electron chi connectivity index (χ1n) is 10.8. The molecule has 0 fully saturated rings. The Bertz CT molecular complexity index is 1220. The largest absolute Gasteiger partial charge is 0.333 e. The van der Waals surface area contributed by atoms with Crippen molar-refractivity contribution in [2.75, 3.05) is 24.2 Å². The van der Waals surface area contributed by atoms with Gasteiger partial charge in [0, 0.05) is 18.8 Å². The number of aromatic nitrogens is 2. The molecule has 0 aliphatic carbocycles. The van der Waals surface area contributed by atoms with Crippen LogP contribution in [0, 0.1) is 6.92 Å². The molecule has 1 N–H and O–H groups in total. The van der Waals surface area contributed by atoms with Crippen LogP contribution < -0.4 is 10.9 Å². The van der Waals surface area contributed by atoms with Crippen molar-refractivity contribution in [2.24, 2.45) is 0 Å². The van der Waals surface area contributed by atoms with Crippen molar-refractivity contribution in [1.82, 2.24) is 14.5 Å². The van der Waals surface area contributed by atoms with Gasteiger partial charge in [-0.25, -0.2) is 4.98 Å². The summed E-state index contributed by atoms with van der Waals surface area (Å²) in [6.45, 7) is 8.32. The summed E-state index contributed by atoms with van der Waals surface area (Å²) in [5.41, 5.74) is 2.10. The number of rotatable bonds is 10. The summed E-state index contributed by atoms with van der Waals surface area (Å²) >= 11 is 1.19.